The minimum absolute atomic E-state index is 0.0644. The molecule has 2 aromatic heterocycles. The number of aliphatic imine (C=N–C) groups is 1. The number of rotatable bonds is 4. The molecule has 0 amide bonds. The second-order valence-corrected chi connectivity index (χ2v) is 7.12. The molecule has 2 aromatic carbocycles. The van der Waals surface area contributed by atoms with Crippen molar-refractivity contribution in [1.29, 1.82) is 0 Å². The van der Waals surface area contributed by atoms with Crippen LogP contribution >= 0.6 is 0 Å². The number of methoxy groups -OCH3 is 1. The number of furan rings is 1. The highest BCUT2D eigenvalue weighted by atomic mass is 16.5. The van der Waals surface area contributed by atoms with Gasteiger partial charge in [-0.3, -0.25) is 0 Å². The van der Waals surface area contributed by atoms with E-state index < -0.39 is 0 Å². The van der Waals surface area contributed by atoms with Crippen LogP contribution in [0.2, 0.25) is 0 Å². The Bertz CT molecular complexity index is 1160. The molecule has 5 heteroatoms. The molecule has 0 fully saturated rings. The summed E-state index contributed by atoms with van der Waals surface area (Å²) in [6.45, 7) is 2.04. The molecule has 5 nitrogen and oxygen atoms in total. The summed E-state index contributed by atoms with van der Waals surface area (Å²) < 4.78 is 13.0. The van der Waals surface area contributed by atoms with Crippen molar-refractivity contribution in [3.63, 3.8) is 0 Å². The summed E-state index contributed by atoms with van der Waals surface area (Å²) in [6.07, 6.45) is 2.42. The Kier molecular flexibility index (Phi) is 4.28. The Morgan fingerprint density at radius 3 is 2.48 bits per heavy atom. The third kappa shape index (κ3) is 3.05. The van der Waals surface area contributed by atoms with Crippen LogP contribution in [0.5, 0.6) is 5.75 Å². The van der Waals surface area contributed by atoms with Crippen molar-refractivity contribution in [1.82, 2.24) is 9.78 Å². The molecule has 4 aromatic rings. The third-order valence-corrected chi connectivity index (χ3v) is 5.35. The maximum Gasteiger partial charge on any atom is 0.159 e. The summed E-state index contributed by atoms with van der Waals surface area (Å²) in [4.78, 5) is 5.00. The number of fused-ring (bicyclic) bond motifs is 1. The Hall–Kier alpha value is -3.60. The van der Waals surface area contributed by atoms with Crippen molar-refractivity contribution >= 4 is 11.5 Å². The van der Waals surface area contributed by atoms with E-state index in [9.17, 15) is 0 Å². The summed E-state index contributed by atoms with van der Waals surface area (Å²) in [5.74, 6) is 2.49. The molecule has 144 valence electrons. The van der Waals surface area contributed by atoms with E-state index in [-0.39, 0.29) is 6.04 Å². The first-order chi connectivity index (χ1) is 14.2. The van der Waals surface area contributed by atoms with Crippen LogP contribution in [-0.2, 0) is 0 Å². The van der Waals surface area contributed by atoms with E-state index in [0.717, 1.165) is 46.3 Å². The fourth-order valence-corrected chi connectivity index (χ4v) is 3.93. The van der Waals surface area contributed by atoms with Gasteiger partial charge in [0.25, 0.3) is 0 Å². The Labute approximate surface area is 169 Å². The Morgan fingerprint density at radius 1 is 1.00 bits per heavy atom. The van der Waals surface area contributed by atoms with Crippen molar-refractivity contribution in [2.75, 3.05) is 7.11 Å². The van der Waals surface area contributed by atoms with E-state index >= 15 is 0 Å². The summed E-state index contributed by atoms with van der Waals surface area (Å²) in [5.41, 5.74) is 5.20. The van der Waals surface area contributed by atoms with Crippen LogP contribution in [0.3, 0.4) is 0 Å². The van der Waals surface area contributed by atoms with Gasteiger partial charge in [-0.25, -0.2) is 9.67 Å². The number of aryl methyl sites for hydroxylation is 1. The van der Waals surface area contributed by atoms with Crippen LogP contribution in [0.15, 0.2) is 82.4 Å². The van der Waals surface area contributed by atoms with E-state index in [1.807, 2.05) is 37.3 Å². The smallest absolute Gasteiger partial charge is 0.159 e. The first-order valence-corrected chi connectivity index (χ1v) is 9.64. The highest BCUT2D eigenvalue weighted by Gasteiger charge is 2.30. The van der Waals surface area contributed by atoms with Gasteiger partial charge in [-0.05, 0) is 42.3 Å². The van der Waals surface area contributed by atoms with Gasteiger partial charge in [-0.2, -0.15) is 5.10 Å². The van der Waals surface area contributed by atoms with Crippen molar-refractivity contribution in [3.8, 4) is 16.9 Å². The van der Waals surface area contributed by atoms with E-state index in [1.165, 1.54) is 5.56 Å². The summed E-state index contributed by atoms with van der Waals surface area (Å²) in [7, 11) is 1.67. The maximum absolute atomic E-state index is 5.68. The summed E-state index contributed by atoms with van der Waals surface area (Å²) in [5, 5.41) is 4.89. The molecule has 0 bridgehead atoms. The lowest BCUT2D eigenvalue weighted by Gasteiger charge is -2.24. The van der Waals surface area contributed by atoms with Gasteiger partial charge in [0.2, 0.25) is 0 Å². The van der Waals surface area contributed by atoms with E-state index in [1.54, 1.807) is 13.4 Å². The minimum Gasteiger partial charge on any atom is -0.497 e. The van der Waals surface area contributed by atoms with Crippen molar-refractivity contribution in [2.24, 2.45) is 4.99 Å². The Morgan fingerprint density at radius 2 is 1.79 bits per heavy atom. The van der Waals surface area contributed by atoms with Crippen molar-refractivity contribution < 1.29 is 9.15 Å². The van der Waals surface area contributed by atoms with Gasteiger partial charge < -0.3 is 9.15 Å². The van der Waals surface area contributed by atoms with Gasteiger partial charge in [0.1, 0.15) is 11.5 Å². The van der Waals surface area contributed by atoms with E-state index in [0.29, 0.717) is 0 Å². The largest absolute Gasteiger partial charge is 0.497 e. The average molecular weight is 383 g/mol. The standard InChI is InChI=1S/C24H21N3O2/c1-16-23(18-10-12-19(28-2)13-11-18)24-25-20(22-9-6-14-29-22)15-21(27(24)26-16)17-7-4-3-5-8-17/h3-14,21H,15H2,1-2H3/t21-/m0/s1. The second-order valence-electron chi connectivity index (χ2n) is 7.12. The predicted molar refractivity (Wildman–Crippen MR) is 113 cm³/mol. The summed E-state index contributed by atoms with van der Waals surface area (Å²) in [6, 6.07) is 22.4. The second kappa shape index (κ2) is 7.09. The zero-order valence-electron chi connectivity index (χ0n) is 16.4. The molecule has 1 atom stereocenters. The molecular weight excluding hydrogens is 362 g/mol. The van der Waals surface area contributed by atoms with Crippen LogP contribution in [0.4, 0.5) is 5.82 Å². The fraction of sp³-hybridized carbons (Fsp3) is 0.167. The van der Waals surface area contributed by atoms with E-state index in [2.05, 4.69) is 41.1 Å². The molecule has 0 saturated heterocycles. The van der Waals surface area contributed by atoms with Crippen LogP contribution in [0.25, 0.3) is 11.1 Å². The van der Waals surface area contributed by atoms with Gasteiger partial charge in [0.05, 0.1) is 30.8 Å². The number of hydrogen-bond acceptors (Lipinski definition) is 4. The van der Waals surface area contributed by atoms with Crippen LogP contribution in [-0.4, -0.2) is 22.6 Å². The quantitative estimate of drug-likeness (QED) is 0.463. The number of aromatic nitrogens is 2. The highest BCUT2D eigenvalue weighted by molar-refractivity contribution is 6.02. The molecule has 29 heavy (non-hydrogen) atoms. The lowest BCUT2D eigenvalue weighted by atomic mass is 9.97. The van der Waals surface area contributed by atoms with Crippen LogP contribution < -0.4 is 4.74 Å². The van der Waals surface area contributed by atoms with E-state index in [4.69, 9.17) is 19.2 Å². The molecule has 1 aliphatic heterocycles. The summed E-state index contributed by atoms with van der Waals surface area (Å²) >= 11 is 0. The molecule has 5 rings (SSSR count). The molecular formula is C24H21N3O2. The van der Waals surface area contributed by atoms with Crippen molar-refractivity contribution in [2.45, 2.75) is 19.4 Å². The molecule has 0 unspecified atom stereocenters. The van der Waals surface area contributed by atoms with Gasteiger partial charge >= 0.3 is 0 Å². The molecule has 0 radical (unpaired) electrons. The van der Waals surface area contributed by atoms with Gasteiger partial charge in [0, 0.05) is 12.0 Å². The monoisotopic (exact) mass is 383 g/mol. The molecule has 0 aliphatic carbocycles. The third-order valence-electron chi connectivity index (χ3n) is 5.35. The topological polar surface area (TPSA) is 52.5 Å². The molecule has 0 spiro atoms. The van der Waals surface area contributed by atoms with Gasteiger partial charge in [-0.15, -0.1) is 0 Å². The Balaban J connectivity index is 1.70. The normalized spacial score (nSPS) is 15.7. The number of benzene rings is 2. The van der Waals surface area contributed by atoms with Crippen molar-refractivity contribution in [3.05, 3.63) is 90.0 Å². The average Bonchev–Trinajstić information content (AvgIpc) is 3.41. The van der Waals surface area contributed by atoms with Crippen LogP contribution in [0.1, 0.15) is 29.5 Å². The zero-order valence-corrected chi connectivity index (χ0v) is 16.4. The lowest BCUT2D eigenvalue weighted by Crippen LogP contribution is -2.21. The van der Waals surface area contributed by atoms with Gasteiger partial charge in [-0.1, -0.05) is 42.5 Å². The lowest BCUT2D eigenvalue weighted by molar-refractivity contribution is 0.415. The maximum atomic E-state index is 5.68. The zero-order chi connectivity index (χ0) is 19.8. The molecule has 3 heterocycles. The number of nitrogens with zero attached hydrogens (tertiary/aromatic N) is 3. The fourth-order valence-electron chi connectivity index (χ4n) is 3.93. The SMILES string of the molecule is COc1ccc(-c2c(C)nn3c2N=C(c2ccco2)C[C@H]3c2ccccc2)cc1. The number of ether oxygens (including phenoxy) is 1. The van der Waals surface area contributed by atoms with Gasteiger partial charge in [0.15, 0.2) is 5.82 Å². The molecule has 0 N–H and O–H groups in total. The first kappa shape index (κ1) is 17.5. The minimum atomic E-state index is 0.0644. The molecule has 0 saturated carbocycles. The number of hydrogen-bond donors (Lipinski definition) is 0. The molecule has 1 aliphatic rings. The first-order valence-electron chi connectivity index (χ1n) is 9.64. The van der Waals surface area contributed by atoms with Crippen LogP contribution in [0, 0.1) is 6.92 Å². The predicted octanol–water partition coefficient (Wildman–Crippen LogP) is 5.57. The highest BCUT2D eigenvalue weighted by Crippen LogP contribution is 2.42.